The van der Waals surface area contributed by atoms with Crippen molar-refractivity contribution in [2.75, 3.05) is 21.2 Å². The highest BCUT2D eigenvalue weighted by atomic mass is 16.5. The van der Waals surface area contributed by atoms with Crippen molar-refractivity contribution in [3.8, 4) is 5.75 Å². The van der Waals surface area contributed by atoms with Gasteiger partial charge in [-0.05, 0) is 36.2 Å². The van der Waals surface area contributed by atoms with E-state index in [-0.39, 0.29) is 5.91 Å². The third-order valence-electron chi connectivity index (χ3n) is 3.99. The van der Waals surface area contributed by atoms with Crippen LogP contribution in [0.1, 0.15) is 27.0 Å². The molecule has 1 amide bonds. The Balaban J connectivity index is 1.95. The molecular formula is C20H26N4O2. The summed E-state index contributed by atoms with van der Waals surface area (Å²) in [5.41, 5.74) is 3.85. The van der Waals surface area contributed by atoms with Crippen LogP contribution in [0.25, 0.3) is 0 Å². The lowest BCUT2D eigenvalue weighted by molar-refractivity contribution is 0.0963. The third-order valence-corrected chi connectivity index (χ3v) is 3.99. The molecular weight excluding hydrogens is 328 g/mol. The number of hydrogen-bond donors (Lipinski definition) is 3. The minimum Gasteiger partial charge on any atom is -0.496 e. The lowest BCUT2D eigenvalue weighted by Crippen LogP contribution is -2.36. The van der Waals surface area contributed by atoms with Crippen molar-refractivity contribution in [1.82, 2.24) is 16.0 Å². The number of hydrogen-bond acceptors (Lipinski definition) is 3. The number of ether oxygens (including phenoxy) is 1. The van der Waals surface area contributed by atoms with Crippen LogP contribution in [0, 0.1) is 6.92 Å². The standard InChI is InChI=1S/C20H26N4O2/c1-14-8-9-17(18(10-14)26-4)13-24-20(22-3)23-12-15-6-5-7-16(11-15)19(25)21-2/h5-11H,12-13H2,1-4H3,(H,21,25)(H2,22,23,24). The Morgan fingerprint density at radius 2 is 1.88 bits per heavy atom. The van der Waals surface area contributed by atoms with Crippen molar-refractivity contribution in [1.29, 1.82) is 0 Å². The molecule has 0 heterocycles. The maximum atomic E-state index is 11.7. The number of nitrogens with one attached hydrogen (secondary N) is 3. The second-order valence-corrected chi connectivity index (χ2v) is 5.87. The average Bonchev–Trinajstić information content (AvgIpc) is 2.68. The summed E-state index contributed by atoms with van der Waals surface area (Å²) in [6, 6.07) is 13.6. The number of benzene rings is 2. The first-order valence-electron chi connectivity index (χ1n) is 8.46. The topological polar surface area (TPSA) is 74.8 Å². The van der Waals surface area contributed by atoms with Gasteiger partial charge in [-0.2, -0.15) is 0 Å². The fraction of sp³-hybridized carbons (Fsp3) is 0.300. The van der Waals surface area contributed by atoms with Crippen molar-refractivity contribution in [2.45, 2.75) is 20.0 Å². The van der Waals surface area contributed by atoms with Gasteiger partial charge in [0.1, 0.15) is 5.75 Å². The van der Waals surface area contributed by atoms with Crippen LogP contribution in [0.4, 0.5) is 0 Å². The SMILES string of the molecule is CN=C(NCc1cccc(C(=O)NC)c1)NCc1ccc(C)cc1OC. The van der Waals surface area contributed by atoms with E-state index in [1.807, 2.05) is 37.3 Å². The zero-order valence-electron chi connectivity index (χ0n) is 15.7. The molecule has 0 unspecified atom stereocenters. The highest BCUT2D eigenvalue weighted by Crippen LogP contribution is 2.19. The van der Waals surface area contributed by atoms with Crippen LogP contribution in [0.5, 0.6) is 5.75 Å². The summed E-state index contributed by atoms with van der Waals surface area (Å²) in [5.74, 6) is 1.44. The fourth-order valence-corrected chi connectivity index (χ4v) is 2.55. The second-order valence-electron chi connectivity index (χ2n) is 5.87. The Labute approximate surface area is 154 Å². The summed E-state index contributed by atoms with van der Waals surface area (Å²) in [5, 5.41) is 9.16. The molecule has 2 aromatic rings. The van der Waals surface area contributed by atoms with Gasteiger partial charge in [-0.1, -0.05) is 24.3 Å². The Kier molecular flexibility index (Phi) is 7.02. The smallest absolute Gasteiger partial charge is 0.251 e. The van der Waals surface area contributed by atoms with E-state index in [2.05, 4.69) is 27.0 Å². The van der Waals surface area contributed by atoms with Crippen LogP contribution in [0.15, 0.2) is 47.5 Å². The molecule has 0 radical (unpaired) electrons. The Bertz CT molecular complexity index is 787. The molecule has 6 nitrogen and oxygen atoms in total. The van der Waals surface area contributed by atoms with Gasteiger partial charge < -0.3 is 20.7 Å². The number of carbonyl (C=O) groups excluding carboxylic acids is 1. The molecule has 0 saturated carbocycles. The van der Waals surface area contributed by atoms with Gasteiger partial charge in [-0.3, -0.25) is 9.79 Å². The molecule has 0 aromatic heterocycles. The van der Waals surface area contributed by atoms with Gasteiger partial charge >= 0.3 is 0 Å². The second kappa shape index (κ2) is 9.46. The van der Waals surface area contributed by atoms with E-state index in [1.54, 1.807) is 27.3 Å². The van der Waals surface area contributed by atoms with Crippen LogP contribution in [0.3, 0.4) is 0 Å². The van der Waals surface area contributed by atoms with Gasteiger partial charge in [0.2, 0.25) is 0 Å². The Morgan fingerprint density at radius 3 is 2.58 bits per heavy atom. The number of guanidine groups is 1. The molecule has 0 bridgehead atoms. The lowest BCUT2D eigenvalue weighted by atomic mass is 10.1. The first-order chi connectivity index (χ1) is 12.6. The van der Waals surface area contributed by atoms with E-state index in [9.17, 15) is 4.79 Å². The number of carbonyl (C=O) groups is 1. The molecule has 138 valence electrons. The predicted octanol–water partition coefficient (Wildman–Crippen LogP) is 2.23. The number of amides is 1. The normalized spacial score (nSPS) is 11.0. The molecule has 0 fully saturated rings. The summed E-state index contributed by atoms with van der Waals surface area (Å²) in [4.78, 5) is 16.0. The average molecular weight is 354 g/mol. The van der Waals surface area contributed by atoms with Gasteiger partial charge in [0.25, 0.3) is 5.91 Å². The van der Waals surface area contributed by atoms with E-state index < -0.39 is 0 Å². The number of methoxy groups -OCH3 is 1. The van der Waals surface area contributed by atoms with Gasteiger partial charge in [-0.25, -0.2) is 0 Å². The van der Waals surface area contributed by atoms with Gasteiger partial charge in [-0.15, -0.1) is 0 Å². The van der Waals surface area contributed by atoms with Crippen molar-refractivity contribution < 1.29 is 9.53 Å². The Hall–Kier alpha value is -3.02. The van der Waals surface area contributed by atoms with Crippen molar-refractivity contribution in [3.05, 3.63) is 64.7 Å². The van der Waals surface area contributed by atoms with Gasteiger partial charge in [0, 0.05) is 38.3 Å². The van der Waals surface area contributed by atoms with Gasteiger partial charge in [0.15, 0.2) is 5.96 Å². The van der Waals surface area contributed by atoms with Crippen molar-refractivity contribution in [2.24, 2.45) is 4.99 Å². The summed E-state index contributed by atoms with van der Waals surface area (Å²) >= 11 is 0. The predicted molar refractivity (Wildman–Crippen MR) is 105 cm³/mol. The van der Waals surface area contributed by atoms with E-state index in [4.69, 9.17) is 4.74 Å². The lowest BCUT2D eigenvalue weighted by Gasteiger charge is -2.14. The number of aryl methyl sites for hydroxylation is 1. The molecule has 0 aliphatic carbocycles. The summed E-state index contributed by atoms with van der Waals surface area (Å²) in [6.45, 7) is 3.20. The van der Waals surface area contributed by atoms with Crippen molar-refractivity contribution in [3.63, 3.8) is 0 Å². The van der Waals surface area contributed by atoms with E-state index >= 15 is 0 Å². The summed E-state index contributed by atoms with van der Waals surface area (Å²) in [6.07, 6.45) is 0. The zero-order chi connectivity index (χ0) is 18.9. The monoisotopic (exact) mass is 354 g/mol. The van der Waals surface area contributed by atoms with Crippen LogP contribution < -0.4 is 20.7 Å². The minimum absolute atomic E-state index is 0.0965. The quantitative estimate of drug-likeness (QED) is 0.549. The van der Waals surface area contributed by atoms with Crippen molar-refractivity contribution >= 4 is 11.9 Å². The molecule has 26 heavy (non-hydrogen) atoms. The third kappa shape index (κ3) is 5.24. The number of aliphatic imine (C=N–C) groups is 1. The molecule has 0 saturated heterocycles. The Morgan fingerprint density at radius 1 is 1.12 bits per heavy atom. The number of nitrogens with zero attached hydrogens (tertiary/aromatic N) is 1. The molecule has 6 heteroatoms. The first-order valence-corrected chi connectivity index (χ1v) is 8.46. The highest BCUT2D eigenvalue weighted by molar-refractivity contribution is 5.94. The molecule has 0 atom stereocenters. The van der Waals surface area contributed by atoms with Crippen LogP contribution in [-0.2, 0) is 13.1 Å². The summed E-state index contributed by atoms with van der Waals surface area (Å²) in [7, 11) is 5.02. The summed E-state index contributed by atoms with van der Waals surface area (Å²) < 4.78 is 5.43. The van der Waals surface area contributed by atoms with Crippen LogP contribution >= 0.6 is 0 Å². The molecule has 2 aromatic carbocycles. The highest BCUT2D eigenvalue weighted by Gasteiger charge is 2.06. The van der Waals surface area contributed by atoms with E-state index in [0.717, 1.165) is 22.4 Å². The largest absolute Gasteiger partial charge is 0.496 e. The van der Waals surface area contributed by atoms with Crippen LogP contribution in [0.2, 0.25) is 0 Å². The zero-order valence-corrected chi connectivity index (χ0v) is 15.7. The molecule has 0 aliphatic rings. The first kappa shape index (κ1) is 19.3. The minimum atomic E-state index is -0.0965. The fourth-order valence-electron chi connectivity index (χ4n) is 2.55. The van der Waals surface area contributed by atoms with Gasteiger partial charge in [0.05, 0.1) is 7.11 Å². The maximum Gasteiger partial charge on any atom is 0.251 e. The van der Waals surface area contributed by atoms with E-state index in [1.165, 1.54) is 0 Å². The van der Waals surface area contributed by atoms with Crippen LogP contribution in [-0.4, -0.2) is 33.1 Å². The maximum absolute atomic E-state index is 11.7. The molecule has 3 N–H and O–H groups in total. The molecule has 0 aliphatic heterocycles. The van der Waals surface area contributed by atoms with E-state index in [0.29, 0.717) is 24.6 Å². The number of rotatable bonds is 6. The molecule has 0 spiro atoms. The molecule has 2 rings (SSSR count).